The Labute approximate surface area is 425 Å². The highest BCUT2D eigenvalue weighted by atomic mass is 16.6. The van der Waals surface area contributed by atoms with Crippen molar-refractivity contribution in [3.8, 4) is 0 Å². The second kappa shape index (κ2) is 53.2. The zero-order valence-electron chi connectivity index (χ0n) is 46.9. The lowest BCUT2D eigenvalue weighted by Gasteiger charge is -2.18. The summed E-state index contributed by atoms with van der Waals surface area (Å²) < 4.78 is 16.9. The van der Waals surface area contributed by atoms with Gasteiger partial charge in [-0.25, -0.2) is 0 Å². The molecule has 0 heterocycles. The van der Waals surface area contributed by atoms with Gasteiger partial charge in [0.15, 0.2) is 6.10 Å². The molecule has 0 aromatic rings. The predicted molar refractivity (Wildman–Crippen MR) is 293 cm³/mol. The SMILES string of the molecule is CCC(C)CCCCCCCCCCCCCCCCCCCCC(=O)OC[C@H](COC(=O)CCCCCCCCCCCCCC(C)C)OC(=O)CCCCCCCCCCCCCC(C)C. The summed E-state index contributed by atoms with van der Waals surface area (Å²) in [4.78, 5) is 38.2. The lowest BCUT2D eigenvalue weighted by molar-refractivity contribution is -0.167. The van der Waals surface area contributed by atoms with E-state index in [0.717, 1.165) is 75.5 Å². The van der Waals surface area contributed by atoms with Crippen LogP contribution in [0.15, 0.2) is 0 Å². The minimum Gasteiger partial charge on any atom is -0.462 e. The molecule has 0 bridgehead atoms. The van der Waals surface area contributed by atoms with Crippen LogP contribution in [-0.4, -0.2) is 37.2 Å². The van der Waals surface area contributed by atoms with Crippen LogP contribution in [0.25, 0.3) is 0 Å². The van der Waals surface area contributed by atoms with E-state index in [1.54, 1.807) is 0 Å². The first-order chi connectivity index (χ1) is 33.1. The van der Waals surface area contributed by atoms with Gasteiger partial charge >= 0.3 is 17.9 Å². The smallest absolute Gasteiger partial charge is 0.306 e. The number of hydrogen-bond donors (Lipinski definition) is 0. The van der Waals surface area contributed by atoms with Gasteiger partial charge in [-0.05, 0) is 37.0 Å². The van der Waals surface area contributed by atoms with Crippen molar-refractivity contribution in [2.24, 2.45) is 17.8 Å². The molecule has 2 atom stereocenters. The van der Waals surface area contributed by atoms with E-state index in [1.807, 2.05) is 0 Å². The van der Waals surface area contributed by atoms with Crippen LogP contribution in [-0.2, 0) is 28.6 Å². The first kappa shape index (κ1) is 66.4. The van der Waals surface area contributed by atoms with Gasteiger partial charge in [-0.3, -0.25) is 14.4 Å². The molecule has 0 spiro atoms. The number of unbranched alkanes of at least 4 members (excludes halogenated alkanes) is 37. The standard InChI is InChI=1S/C62H120O6/c1-7-58(6)50-44-38-32-26-20-14-12-10-8-9-11-13-15-21-27-33-39-45-51-60(63)66-54-59(68-62(65)53-47-41-35-29-23-17-19-25-31-37-43-49-57(4)5)55-67-61(64)52-46-40-34-28-22-16-18-24-30-36-42-48-56(2)3/h56-59H,7-55H2,1-6H3/t58?,59-/m1/s1. The van der Waals surface area contributed by atoms with Crippen LogP contribution in [0.2, 0.25) is 0 Å². The molecule has 0 saturated carbocycles. The van der Waals surface area contributed by atoms with Gasteiger partial charge in [0.1, 0.15) is 13.2 Å². The Morgan fingerprint density at radius 3 is 0.765 bits per heavy atom. The van der Waals surface area contributed by atoms with E-state index in [9.17, 15) is 14.4 Å². The Balaban J connectivity index is 4.24. The Morgan fingerprint density at radius 2 is 0.515 bits per heavy atom. The summed E-state index contributed by atoms with van der Waals surface area (Å²) >= 11 is 0. The molecule has 0 aliphatic carbocycles. The molecule has 0 fully saturated rings. The van der Waals surface area contributed by atoms with E-state index in [1.165, 1.54) is 225 Å². The third-order valence-corrected chi connectivity index (χ3v) is 14.5. The maximum atomic E-state index is 12.9. The number of hydrogen-bond acceptors (Lipinski definition) is 6. The zero-order chi connectivity index (χ0) is 49.8. The van der Waals surface area contributed by atoms with Gasteiger partial charge in [-0.2, -0.15) is 0 Å². The maximum absolute atomic E-state index is 12.9. The number of esters is 3. The van der Waals surface area contributed by atoms with Crippen LogP contribution in [0.4, 0.5) is 0 Å². The van der Waals surface area contributed by atoms with Crippen molar-refractivity contribution in [1.82, 2.24) is 0 Å². The quantitative estimate of drug-likeness (QED) is 0.0343. The molecule has 1 unspecified atom stereocenters. The Bertz CT molecular complexity index is 1060. The molecule has 0 rings (SSSR count). The Kier molecular flexibility index (Phi) is 52.0. The molecule has 0 saturated heterocycles. The number of ether oxygens (including phenoxy) is 3. The fraction of sp³-hybridized carbons (Fsp3) is 0.952. The first-order valence-corrected chi connectivity index (χ1v) is 30.6. The summed E-state index contributed by atoms with van der Waals surface area (Å²) in [6.07, 6.45) is 56.7. The fourth-order valence-corrected chi connectivity index (χ4v) is 9.50. The van der Waals surface area contributed by atoms with Crippen molar-refractivity contribution < 1.29 is 28.6 Å². The van der Waals surface area contributed by atoms with Crippen LogP contribution in [0, 0.1) is 17.8 Å². The molecule has 0 aromatic heterocycles. The summed E-state index contributed by atoms with van der Waals surface area (Å²) in [5, 5.41) is 0. The summed E-state index contributed by atoms with van der Waals surface area (Å²) in [6.45, 7) is 13.8. The summed E-state index contributed by atoms with van der Waals surface area (Å²) in [6, 6.07) is 0. The lowest BCUT2D eigenvalue weighted by Crippen LogP contribution is -2.30. The molecular formula is C62H120O6. The van der Waals surface area contributed by atoms with Crippen molar-refractivity contribution in [1.29, 1.82) is 0 Å². The molecule has 0 amide bonds. The monoisotopic (exact) mass is 961 g/mol. The van der Waals surface area contributed by atoms with Crippen LogP contribution >= 0.6 is 0 Å². The molecule has 0 aliphatic rings. The second-order valence-electron chi connectivity index (χ2n) is 22.5. The van der Waals surface area contributed by atoms with Gasteiger partial charge in [0, 0.05) is 19.3 Å². The average Bonchev–Trinajstić information content (AvgIpc) is 3.31. The van der Waals surface area contributed by atoms with Crippen molar-refractivity contribution in [2.45, 2.75) is 349 Å². The van der Waals surface area contributed by atoms with Gasteiger partial charge in [-0.15, -0.1) is 0 Å². The van der Waals surface area contributed by atoms with Gasteiger partial charge in [-0.1, -0.05) is 305 Å². The topological polar surface area (TPSA) is 78.9 Å². The Hall–Kier alpha value is -1.59. The van der Waals surface area contributed by atoms with Gasteiger partial charge < -0.3 is 14.2 Å². The highest BCUT2D eigenvalue weighted by molar-refractivity contribution is 5.71. The molecule has 0 aromatic carbocycles. The van der Waals surface area contributed by atoms with Crippen LogP contribution < -0.4 is 0 Å². The van der Waals surface area contributed by atoms with Crippen molar-refractivity contribution in [3.63, 3.8) is 0 Å². The number of rotatable bonds is 55. The average molecular weight is 962 g/mol. The molecule has 6 heteroatoms. The van der Waals surface area contributed by atoms with E-state index in [2.05, 4.69) is 41.5 Å². The summed E-state index contributed by atoms with van der Waals surface area (Å²) in [5.74, 6) is 1.72. The van der Waals surface area contributed by atoms with Gasteiger partial charge in [0.2, 0.25) is 0 Å². The minimum absolute atomic E-state index is 0.0632. The molecule has 0 aliphatic heterocycles. The molecule has 0 radical (unpaired) electrons. The van der Waals surface area contributed by atoms with E-state index >= 15 is 0 Å². The second-order valence-corrected chi connectivity index (χ2v) is 22.5. The maximum Gasteiger partial charge on any atom is 0.306 e. The van der Waals surface area contributed by atoms with E-state index in [4.69, 9.17) is 14.2 Å². The molecule has 6 nitrogen and oxygen atoms in total. The zero-order valence-corrected chi connectivity index (χ0v) is 46.9. The largest absolute Gasteiger partial charge is 0.462 e. The molecule has 0 N–H and O–H groups in total. The van der Waals surface area contributed by atoms with Crippen molar-refractivity contribution in [3.05, 3.63) is 0 Å². The van der Waals surface area contributed by atoms with Gasteiger partial charge in [0.25, 0.3) is 0 Å². The van der Waals surface area contributed by atoms with Crippen molar-refractivity contribution >= 4 is 17.9 Å². The van der Waals surface area contributed by atoms with Crippen LogP contribution in [0.5, 0.6) is 0 Å². The first-order valence-electron chi connectivity index (χ1n) is 30.6. The van der Waals surface area contributed by atoms with E-state index < -0.39 is 6.10 Å². The van der Waals surface area contributed by atoms with Gasteiger partial charge in [0.05, 0.1) is 0 Å². The molecule has 68 heavy (non-hydrogen) atoms. The highest BCUT2D eigenvalue weighted by Crippen LogP contribution is 2.19. The lowest BCUT2D eigenvalue weighted by atomic mass is 9.99. The van der Waals surface area contributed by atoms with Crippen LogP contribution in [0.3, 0.4) is 0 Å². The van der Waals surface area contributed by atoms with Crippen molar-refractivity contribution in [2.75, 3.05) is 13.2 Å². The Morgan fingerprint density at radius 1 is 0.294 bits per heavy atom. The van der Waals surface area contributed by atoms with E-state index in [0.29, 0.717) is 19.3 Å². The minimum atomic E-state index is -0.764. The number of carbonyl (C=O) groups excluding carboxylic acids is 3. The fourth-order valence-electron chi connectivity index (χ4n) is 9.50. The molecule has 404 valence electrons. The van der Waals surface area contributed by atoms with E-state index in [-0.39, 0.29) is 31.1 Å². The third-order valence-electron chi connectivity index (χ3n) is 14.5. The predicted octanol–water partition coefficient (Wildman–Crippen LogP) is 20.3. The molecular weight excluding hydrogens is 841 g/mol. The number of carbonyl (C=O) groups is 3. The normalized spacial score (nSPS) is 12.5. The highest BCUT2D eigenvalue weighted by Gasteiger charge is 2.19. The summed E-state index contributed by atoms with van der Waals surface area (Å²) in [5.41, 5.74) is 0. The van der Waals surface area contributed by atoms with Crippen LogP contribution in [0.1, 0.15) is 343 Å². The summed E-state index contributed by atoms with van der Waals surface area (Å²) in [7, 11) is 0. The third kappa shape index (κ3) is 53.8.